The third-order valence-electron chi connectivity index (χ3n) is 4.98. The van der Waals surface area contributed by atoms with Gasteiger partial charge < -0.3 is 14.8 Å². The molecule has 4 nitrogen and oxygen atoms in total. The quantitative estimate of drug-likeness (QED) is 0.456. The molecule has 3 aromatic rings. The molecule has 7 heteroatoms. The summed E-state index contributed by atoms with van der Waals surface area (Å²) in [4.78, 5) is 14.3. The Bertz CT molecular complexity index is 1040. The molecular formula is C24H24F3N3O. The molecule has 0 radical (unpaired) electrons. The minimum absolute atomic E-state index is 0.294. The zero-order chi connectivity index (χ0) is 22.4. The number of carbonyl (C=O) groups is 1. The lowest BCUT2D eigenvalue weighted by Gasteiger charge is -2.23. The lowest BCUT2D eigenvalue weighted by Crippen LogP contribution is -2.35. The topological polar surface area (TPSA) is 37.3 Å². The van der Waals surface area contributed by atoms with E-state index < -0.39 is 17.8 Å². The summed E-state index contributed by atoms with van der Waals surface area (Å²) in [6, 6.07) is 15.9. The van der Waals surface area contributed by atoms with Crippen LogP contribution in [-0.2, 0) is 19.3 Å². The lowest BCUT2D eigenvalue weighted by atomic mass is 10.1. The Balaban J connectivity index is 1.71. The Morgan fingerprint density at radius 1 is 1.10 bits per heavy atom. The molecule has 0 saturated carbocycles. The number of carbonyl (C=O) groups excluding carboxylic acids is 1. The molecule has 3 rings (SSSR count). The van der Waals surface area contributed by atoms with Gasteiger partial charge >= 0.3 is 12.2 Å². The highest BCUT2D eigenvalue weighted by atomic mass is 19.4. The molecule has 0 aliphatic rings. The Labute approximate surface area is 179 Å². The molecule has 1 N–H and O–H groups in total. The third-order valence-corrected chi connectivity index (χ3v) is 4.98. The van der Waals surface area contributed by atoms with Crippen molar-refractivity contribution in [1.82, 2.24) is 9.47 Å². The largest absolute Gasteiger partial charge is 0.416 e. The van der Waals surface area contributed by atoms with Gasteiger partial charge in [-0.1, -0.05) is 30.3 Å². The summed E-state index contributed by atoms with van der Waals surface area (Å²) in [5.41, 5.74) is 2.84. The number of rotatable bonds is 7. The molecule has 0 aliphatic heterocycles. The molecule has 0 aliphatic carbocycles. The summed E-state index contributed by atoms with van der Waals surface area (Å²) in [5, 5.41) is 2.66. The SMILES string of the molecule is C=CCN(Cc1cccn1Cc1ccccc1C)C(=O)Nc1ccc(C(F)(F)F)cc1. The Morgan fingerprint density at radius 3 is 2.45 bits per heavy atom. The number of halogens is 3. The molecule has 1 heterocycles. The molecule has 162 valence electrons. The molecule has 0 fully saturated rings. The molecule has 2 aromatic carbocycles. The van der Waals surface area contributed by atoms with Crippen molar-refractivity contribution in [3.63, 3.8) is 0 Å². The summed E-state index contributed by atoms with van der Waals surface area (Å²) >= 11 is 0. The zero-order valence-corrected chi connectivity index (χ0v) is 17.2. The number of anilines is 1. The van der Waals surface area contributed by atoms with E-state index in [2.05, 4.69) is 35.5 Å². The first-order chi connectivity index (χ1) is 14.8. The van der Waals surface area contributed by atoms with Crippen molar-refractivity contribution in [3.05, 3.63) is 102 Å². The van der Waals surface area contributed by atoms with Crippen LogP contribution in [0.25, 0.3) is 0 Å². The van der Waals surface area contributed by atoms with Gasteiger partial charge in [0, 0.05) is 30.7 Å². The number of aromatic nitrogens is 1. The Morgan fingerprint density at radius 2 is 1.81 bits per heavy atom. The van der Waals surface area contributed by atoms with E-state index in [0.717, 1.165) is 17.8 Å². The van der Waals surface area contributed by atoms with Gasteiger partial charge in [-0.05, 0) is 54.4 Å². The van der Waals surface area contributed by atoms with Gasteiger partial charge in [0.25, 0.3) is 0 Å². The number of hydrogen-bond donors (Lipinski definition) is 1. The molecule has 0 saturated heterocycles. The number of aryl methyl sites for hydroxylation is 1. The summed E-state index contributed by atoms with van der Waals surface area (Å²) in [7, 11) is 0. The lowest BCUT2D eigenvalue weighted by molar-refractivity contribution is -0.137. The minimum atomic E-state index is -4.42. The van der Waals surface area contributed by atoms with Gasteiger partial charge in [0.15, 0.2) is 0 Å². The highest BCUT2D eigenvalue weighted by Gasteiger charge is 2.30. The van der Waals surface area contributed by atoms with E-state index in [1.54, 1.807) is 11.0 Å². The van der Waals surface area contributed by atoms with Crippen molar-refractivity contribution in [2.75, 3.05) is 11.9 Å². The molecular weight excluding hydrogens is 403 g/mol. The van der Waals surface area contributed by atoms with Crippen molar-refractivity contribution in [3.8, 4) is 0 Å². The number of urea groups is 1. The number of alkyl halides is 3. The normalized spacial score (nSPS) is 11.2. The summed E-state index contributed by atoms with van der Waals surface area (Å²) in [6.07, 6.45) is -0.845. The van der Waals surface area contributed by atoms with Crippen molar-refractivity contribution in [2.24, 2.45) is 0 Å². The van der Waals surface area contributed by atoms with E-state index in [1.807, 2.05) is 30.5 Å². The highest BCUT2D eigenvalue weighted by Crippen LogP contribution is 2.29. The fraction of sp³-hybridized carbons (Fsp3) is 0.208. The summed E-state index contributed by atoms with van der Waals surface area (Å²) in [5.74, 6) is 0. The van der Waals surface area contributed by atoms with E-state index in [0.29, 0.717) is 25.3 Å². The maximum Gasteiger partial charge on any atom is 0.416 e. The smallest absolute Gasteiger partial charge is 0.345 e. The van der Waals surface area contributed by atoms with E-state index >= 15 is 0 Å². The van der Waals surface area contributed by atoms with Gasteiger partial charge in [0.05, 0.1) is 12.1 Å². The molecule has 0 spiro atoms. The van der Waals surface area contributed by atoms with Crippen molar-refractivity contribution in [1.29, 1.82) is 0 Å². The first-order valence-corrected chi connectivity index (χ1v) is 9.80. The zero-order valence-electron chi connectivity index (χ0n) is 17.2. The van der Waals surface area contributed by atoms with Gasteiger partial charge in [0.1, 0.15) is 0 Å². The molecule has 31 heavy (non-hydrogen) atoms. The van der Waals surface area contributed by atoms with Crippen molar-refractivity contribution < 1.29 is 18.0 Å². The van der Waals surface area contributed by atoms with Crippen LogP contribution < -0.4 is 5.32 Å². The predicted octanol–water partition coefficient (Wildman–Crippen LogP) is 6.08. The average molecular weight is 427 g/mol. The van der Waals surface area contributed by atoms with Crippen LogP contribution in [0.1, 0.15) is 22.4 Å². The van der Waals surface area contributed by atoms with Gasteiger partial charge in [-0.25, -0.2) is 4.79 Å². The van der Waals surface area contributed by atoms with Gasteiger partial charge in [-0.15, -0.1) is 6.58 Å². The van der Waals surface area contributed by atoms with Crippen LogP contribution in [0, 0.1) is 6.92 Å². The van der Waals surface area contributed by atoms with E-state index in [1.165, 1.54) is 23.3 Å². The van der Waals surface area contributed by atoms with E-state index in [4.69, 9.17) is 0 Å². The maximum absolute atomic E-state index is 12.8. The van der Waals surface area contributed by atoms with Crippen LogP contribution >= 0.6 is 0 Å². The van der Waals surface area contributed by atoms with Crippen LogP contribution in [0.3, 0.4) is 0 Å². The summed E-state index contributed by atoms with van der Waals surface area (Å²) in [6.45, 7) is 7.06. The predicted molar refractivity (Wildman–Crippen MR) is 116 cm³/mol. The minimum Gasteiger partial charge on any atom is -0.345 e. The number of nitrogens with one attached hydrogen (secondary N) is 1. The first kappa shape index (κ1) is 22.2. The second-order valence-electron chi connectivity index (χ2n) is 7.23. The van der Waals surface area contributed by atoms with Gasteiger partial charge in [0.2, 0.25) is 0 Å². The number of nitrogens with zero attached hydrogens (tertiary/aromatic N) is 2. The second-order valence-corrected chi connectivity index (χ2v) is 7.23. The standard InChI is InChI=1S/C24H24F3N3O/c1-3-14-30(23(31)28-21-12-10-20(11-13-21)24(25,26)27)17-22-9-6-15-29(22)16-19-8-5-4-7-18(19)2/h3-13,15H,1,14,16-17H2,2H3,(H,28,31). The van der Waals surface area contributed by atoms with E-state index in [9.17, 15) is 18.0 Å². The number of benzene rings is 2. The van der Waals surface area contributed by atoms with Crippen LogP contribution in [0.5, 0.6) is 0 Å². The maximum atomic E-state index is 12.8. The fourth-order valence-electron chi connectivity index (χ4n) is 3.23. The van der Waals surface area contributed by atoms with Crippen LogP contribution in [0.15, 0.2) is 79.5 Å². The number of amides is 2. The average Bonchev–Trinajstić information content (AvgIpc) is 3.16. The van der Waals surface area contributed by atoms with Crippen LogP contribution in [0.4, 0.5) is 23.7 Å². The fourth-order valence-corrected chi connectivity index (χ4v) is 3.23. The molecule has 2 amide bonds. The highest BCUT2D eigenvalue weighted by molar-refractivity contribution is 5.89. The monoisotopic (exact) mass is 427 g/mol. The van der Waals surface area contributed by atoms with E-state index in [-0.39, 0.29) is 0 Å². The third kappa shape index (κ3) is 5.78. The molecule has 0 unspecified atom stereocenters. The van der Waals surface area contributed by atoms with Crippen molar-refractivity contribution in [2.45, 2.75) is 26.2 Å². The molecule has 1 aromatic heterocycles. The number of hydrogen-bond acceptors (Lipinski definition) is 1. The van der Waals surface area contributed by atoms with Gasteiger partial charge in [-0.3, -0.25) is 0 Å². The summed E-state index contributed by atoms with van der Waals surface area (Å²) < 4.78 is 40.3. The van der Waals surface area contributed by atoms with Crippen molar-refractivity contribution >= 4 is 11.7 Å². The Kier molecular flexibility index (Phi) is 6.84. The Hall–Kier alpha value is -3.48. The molecule has 0 atom stereocenters. The van der Waals surface area contributed by atoms with Gasteiger partial charge in [-0.2, -0.15) is 13.2 Å². The van der Waals surface area contributed by atoms with Crippen LogP contribution in [0.2, 0.25) is 0 Å². The second kappa shape index (κ2) is 9.55. The molecule has 0 bridgehead atoms. The van der Waals surface area contributed by atoms with Crippen LogP contribution in [-0.4, -0.2) is 22.0 Å². The first-order valence-electron chi connectivity index (χ1n) is 9.80.